The minimum absolute atomic E-state index is 0.0915. The van der Waals surface area contributed by atoms with E-state index in [-0.39, 0.29) is 18.8 Å². The maximum absolute atomic E-state index is 12.0. The lowest BCUT2D eigenvalue weighted by Crippen LogP contribution is -2.45. The lowest BCUT2D eigenvalue weighted by Gasteiger charge is -2.29. The molecule has 0 aromatic carbocycles. The smallest absolute Gasteiger partial charge is 0.307 e. The summed E-state index contributed by atoms with van der Waals surface area (Å²) in [5.41, 5.74) is 0. The van der Waals surface area contributed by atoms with E-state index in [1.165, 1.54) is 0 Å². The van der Waals surface area contributed by atoms with Crippen LogP contribution in [0.1, 0.15) is 70.6 Å². The lowest BCUT2D eigenvalue weighted by molar-refractivity contribution is -0.873. The van der Waals surface area contributed by atoms with Gasteiger partial charge in [-0.3, -0.25) is 9.59 Å². The van der Waals surface area contributed by atoms with Gasteiger partial charge in [-0.15, -0.1) is 0 Å². The van der Waals surface area contributed by atoms with Crippen molar-refractivity contribution in [1.82, 2.24) is 0 Å². The van der Waals surface area contributed by atoms with Gasteiger partial charge in [0.15, 0.2) is 6.10 Å². The fraction of sp³-hybridized carbons (Fsp3) is 0.696. The Morgan fingerprint density at radius 1 is 0.900 bits per heavy atom. The number of carbonyl (C=O) groups is 3. The van der Waals surface area contributed by atoms with Gasteiger partial charge in [-0.2, -0.15) is 0 Å². The molecule has 0 aliphatic rings. The number of carbonyl (C=O) groups excluding carboxylic acids is 2. The van der Waals surface area contributed by atoms with Gasteiger partial charge in [0, 0.05) is 18.8 Å². The first kappa shape index (κ1) is 27.8. The fourth-order valence-corrected chi connectivity index (χ4v) is 2.96. The Morgan fingerprint density at radius 3 is 1.93 bits per heavy atom. The van der Waals surface area contributed by atoms with Crippen LogP contribution >= 0.6 is 0 Å². The van der Waals surface area contributed by atoms with Crippen LogP contribution in [0.3, 0.4) is 0 Å². The summed E-state index contributed by atoms with van der Waals surface area (Å²) >= 11 is 0. The number of quaternary nitrogens is 1. The molecule has 0 aliphatic heterocycles. The summed E-state index contributed by atoms with van der Waals surface area (Å²) in [6.45, 7) is 0.434. The van der Waals surface area contributed by atoms with Crippen molar-refractivity contribution in [2.75, 3.05) is 27.7 Å². The van der Waals surface area contributed by atoms with E-state index < -0.39 is 18.0 Å². The average molecular weight is 426 g/mol. The molecule has 0 fully saturated rings. The summed E-state index contributed by atoms with van der Waals surface area (Å²) in [6, 6.07) is 0. The number of carboxylic acids is 2. The molecule has 7 heteroatoms. The molecule has 0 aromatic heterocycles. The predicted octanol–water partition coefficient (Wildman–Crippen LogP) is 2.84. The van der Waals surface area contributed by atoms with Gasteiger partial charge in [-0.05, 0) is 44.9 Å². The van der Waals surface area contributed by atoms with E-state index in [9.17, 15) is 19.5 Å². The van der Waals surface area contributed by atoms with Gasteiger partial charge in [-0.25, -0.2) is 0 Å². The normalized spacial score (nSPS) is 13.0. The van der Waals surface area contributed by atoms with Gasteiger partial charge in [0.05, 0.1) is 27.6 Å². The molecule has 7 nitrogen and oxygen atoms in total. The molecule has 0 rings (SSSR count). The molecule has 0 radical (unpaired) electrons. The SMILES string of the molecule is C[N+](C)(C)CC(CC(=O)[O-])OC(=O)CCCCC/C=C/CCCC/C=C/CC(=O)O. The molecule has 0 bridgehead atoms. The molecule has 1 N–H and O–H groups in total. The molecule has 30 heavy (non-hydrogen) atoms. The average Bonchev–Trinajstić information content (AvgIpc) is 2.59. The van der Waals surface area contributed by atoms with E-state index in [2.05, 4.69) is 12.2 Å². The van der Waals surface area contributed by atoms with Crippen LogP contribution in [0, 0.1) is 0 Å². The molecule has 172 valence electrons. The zero-order valence-electron chi connectivity index (χ0n) is 18.8. The third-order valence-corrected chi connectivity index (χ3v) is 4.31. The van der Waals surface area contributed by atoms with Crippen LogP contribution in [0.2, 0.25) is 0 Å². The number of carboxylic acid groups (broad SMARTS) is 2. The van der Waals surface area contributed by atoms with E-state index in [1.54, 1.807) is 6.08 Å². The number of aliphatic carboxylic acids is 2. The summed E-state index contributed by atoms with van der Waals surface area (Å²) in [6.07, 6.45) is 15.1. The number of hydrogen-bond donors (Lipinski definition) is 1. The van der Waals surface area contributed by atoms with Crippen molar-refractivity contribution >= 4 is 17.9 Å². The van der Waals surface area contributed by atoms with Gasteiger partial charge >= 0.3 is 11.9 Å². The summed E-state index contributed by atoms with van der Waals surface area (Å²) in [5, 5.41) is 19.4. The van der Waals surface area contributed by atoms with Crippen molar-refractivity contribution in [3.63, 3.8) is 0 Å². The number of rotatable bonds is 18. The molecule has 0 spiro atoms. The minimum Gasteiger partial charge on any atom is -0.550 e. The van der Waals surface area contributed by atoms with Crippen LogP contribution in [-0.2, 0) is 19.1 Å². The van der Waals surface area contributed by atoms with Crippen molar-refractivity contribution in [1.29, 1.82) is 0 Å². The molecular weight excluding hydrogens is 386 g/mol. The van der Waals surface area contributed by atoms with Crippen LogP contribution in [0.4, 0.5) is 0 Å². The standard InChI is InChI=1S/C23H39NO6/c1-24(2,3)19-20(18-22(27)28)30-23(29)17-15-13-11-9-7-5-4-6-8-10-12-14-16-21(25)26/h5,7,12,14,20H,4,6,8-11,13,15-19H2,1-3H3,(H-,25,26,27,28)/b7-5+,14-12+. The number of likely N-dealkylation sites (N-methyl/N-ethyl adjacent to an activating group) is 1. The van der Waals surface area contributed by atoms with Crippen LogP contribution in [0.15, 0.2) is 24.3 Å². The second-order valence-corrected chi connectivity index (χ2v) is 8.59. The molecule has 0 heterocycles. The monoisotopic (exact) mass is 425 g/mol. The first-order chi connectivity index (χ1) is 14.1. The molecule has 0 saturated carbocycles. The minimum atomic E-state index is -1.21. The Hall–Kier alpha value is -2.15. The van der Waals surface area contributed by atoms with Gasteiger partial charge in [0.1, 0.15) is 6.54 Å². The van der Waals surface area contributed by atoms with Crippen molar-refractivity contribution in [2.45, 2.75) is 76.7 Å². The third kappa shape index (κ3) is 20.6. The fourth-order valence-electron chi connectivity index (χ4n) is 2.96. The molecule has 0 saturated heterocycles. The largest absolute Gasteiger partial charge is 0.550 e. The van der Waals surface area contributed by atoms with E-state index >= 15 is 0 Å². The van der Waals surface area contributed by atoms with Crippen molar-refractivity contribution in [3.8, 4) is 0 Å². The molecule has 0 amide bonds. The van der Waals surface area contributed by atoms with Crippen molar-refractivity contribution < 1.29 is 33.8 Å². The summed E-state index contributed by atoms with van der Waals surface area (Å²) < 4.78 is 5.85. The first-order valence-corrected chi connectivity index (χ1v) is 10.8. The van der Waals surface area contributed by atoms with E-state index in [0.717, 1.165) is 51.4 Å². The Kier molecular flexibility index (Phi) is 15.4. The van der Waals surface area contributed by atoms with Gasteiger partial charge < -0.3 is 24.2 Å². The predicted molar refractivity (Wildman–Crippen MR) is 114 cm³/mol. The summed E-state index contributed by atoms with van der Waals surface area (Å²) in [7, 11) is 5.76. The van der Waals surface area contributed by atoms with Crippen LogP contribution in [0.25, 0.3) is 0 Å². The highest BCUT2D eigenvalue weighted by molar-refractivity contribution is 5.71. The van der Waals surface area contributed by atoms with E-state index in [4.69, 9.17) is 9.84 Å². The van der Waals surface area contributed by atoms with Crippen LogP contribution in [0.5, 0.6) is 0 Å². The highest BCUT2D eigenvalue weighted by Crippen LogP contribution is 2.10. The Bertz CT molecular complexity index is 563. The Labute approximate surface area is 181 Å². The topological polar surface area (TPSA) is 104 Å². The number of allylic oxidation sites excluding steroid dienone is 3. The maximum Gasteiger partial charge on any atom is 0.307 e. The number of unbranched alkanes of at least 4 members (excludes halogenated alkanes) is 6. The van der Waals surface area contributed by atoms with Crippen molar-refractivity contribution in [2.24, 2.45) is 0 Å². The van der Waals surface area contributed by atoms with E-state index in [0.29, 0.717) is 17.4 Å². The van der Waals surface area contributed by atoms with Crippen molar-refractivity contribution in [3.05, 3.63) is 24.3 Å². The van der Waals surface area contributed by atoms with Gasteiger partial charge in [0.25, 0.3) is 0 Å². The number of hydrogen-bond acceptors (Lipinski definition) is 5. The van der Waals surface area contributed by atoms with Crippen LogP contribution in [-0.4, -0.2) is 61.3 Å². The molecule has 1 atom stereocenters. The highest BCUT2D eigenvalue weighted by Gasteiger charge is 2.22. The number of esters is 1. The first-order valence-electron chi connectivity index (χ1n) is 10.8. The molecule has 1 unspecified atom stereocenters. The van der Waals surface area contributed by atoms with Crippen LogP contribution < -0.4 is 5.11 Å². The number of nitrogens with zero attached hydrogens (tertiary/aromatic N) is 1. The zero-order valence-corrected chi connectivity index (χ0v) is 18.8. The zero-order chi connectivity index (χ0) is 22.8. The Morgan fingerprint density at radius 2 is 1.43 bits per heavy atom. The second kappa shape index (κ2) is 16.6. The quantitative estimate of drug-likeness (QED) is 0.157. The van der Waals surface area contributed by atoms with E-state index in [1.807, 2.05) is 27.2 Å². The molecular formula is C23H39NO6. The summed E-state index contributed by atoms with van der Waals surface area (Å²) in [5.74, 6) is -2.35. The maximum atomic E-state index is 12.0. The van der Waals surface area contributed by atoms with Gasteiger partial charge in [-0.1, -0.05) is 30.7 Å². The molecule has 0 aromatic rings. The molecule has 0 aliphatic carbocycles. The third-order valence-electron chi connectivity index (χ3n) is 4.31. The second-order valence-electron chi connectivity index (χ2n) is 8.59. The number of ether oxygens (including phenoxy) is 1. The highest BCUT2D eigenvalue weighted by atomic mass is 16.5. The summed E-state index contributed by atoms with van der Waals surface area (Å²) in [4.78, 5) is 33.2. The van der Waals surface area contributed by atoms with Gasteiger partial charge in [0.2, 0.25) is 0 Å². The Balaban J connectivity index is 3.75. The lowest BCUT2D eigenvalue weighted by atomic mass is 10.1.